The van der Waals surface area contributed by atoms with E-state index in [1.807, 2.05) is 41.3 Å². The first-order valence-electron chi connectivity index (χ1n) is 7.96. The number of rotatable bonds is 3. The van der Waals surface area contributed by atoms with E-state index in [1.54, 1.807) is 0 Å². The van der Waals surface area contributed by atoms with Crippen LogP contribution in [-0.2, 0) is 11.2 Å². The van der Waals surface area contributed by atoms with Crippen molar-refractivity contribution >= 4 is 23.0 Å². The quantitative estimate of drug-likeness (QED) is 0.811. The minimum absolute atomic E-state index is 0.191. The number of carbonyl (C=O) groups is 2. The van der Waals surface area contributed by atoms with Crippen molar-refractivity contribution in [2.75, 3.05) is 6.54 Å². The molecule has 3 heteroatoms. The largest absolute Gasteiger partial charge is 0.340 e. The highest BCUT2D eigenvalue weighted by Gasteiger charge is 2.23. The molecule has 0 aromatic heterocycles. The third-order valence-corrected chi connectivity index (χ3v) is 4.64. The van der Waals surface area contributed by atoms with E-state index >= 15 is 0 Å². The van der Waals surface area contributed by atoms with E-state index in [1.165, 1.54) is 6.42 Å². The molecule has 1 heterocycles. The van der Waals surface area contributed by atoms with Crippen molar-refractivity contribution in [3.63, 3.8) is 0 Å². The summed E-state index contributed by atoms with van der Waals surface area (Å²) in [5.41, 5.74) is 1.68. The summed E-state index contributed by atoms with van der Waals surface area (Å²) < 4.78 is 0. The molecule has 114 valence electrons. The van der Waals surface area contributed by atoms with E-state index in [4.69, 9.17) is 0 Å². The van der Waals surface area contributed by atoms with Crippen LogP contribution in [0.1, 0.15) is 42.1 Å². The van der Waals surface area contributed by atoms with Crippen LogP contribution in [0, 0.1) is 0 Å². The number of nitrogens with zero attached hydrogens (tertiary/aromatic N) is 1. The topological polar surface area (TPSA) is 37.4 Å². The molecular formula is C19H21NO2. The average Bonchev–Trinajstić information content (AvgIpc) is 2.55. The van der Waals surface area contributed by atoms with E-state index in [0.717, 1.165) is 42.0 Å². The van der Waals surface area contributed by atoms with Crippen LogP contribution in [0.15, 0.2) is 36.4 Å². The smallest absolute Gasteiger partial charge is 0.227 e. The van der Waals surface area contributed by atoms with Gasteiger partial charge in [0, 0.05) is 18.2 Å². The Morgan fingerprint density at radius 2 is 1.95 bits per heavy atom. The van der Waals surface area contributed by atoms with Crippen molar-refractivity contribution in [1.82, 2.24) is 4.90 Å². The molecular weight excluding hydrogens is 274 g/mol. The zero-order chi connectivity index (χ0) is 15.5. The Labute approximate surface area is 130 Å². The van der Waals surface area contributed by atoms with Gasteiger partial charge in [-0.2, -0.15) is 0 Å². The summed E-state index contributed by atoms with van der Waals surface area (Å²) in [4.78, 5) is 25.8. The number of aldehydes is 1. The lowest BCUT2D eigenvalue weighted by Crippen LogP contribution is -2.42. The fourth-order valence-corrected chi connectivity index (χ4v) is 3.37. The van der Waals surface area contributed by atoms with Crippen LogP contribution in [0.3, 0.4) is 0 Å². The lowest BCUT2D eigenvalue weighted by molar-refractivity contribution is -0.133. The summed E-state index contributed by atoms with van der Waals surface area (Å²) in [7, 11) is 0. The van der Waals surface area contributed by atoms with Crippen molar-refractivity contribution < 1.29 is 9.59 Å². The molecule has 3 nitrogen and oxygen atoms in total. The third kappa shape index (κ3) is 2.76. The molecule has 1 amide bonds. The molecule has 0 aliphatic carbocycles. The lowest BCUT2D eigenvalue weighted by Gasteiger charge is -2.33. The molecule has 1 atom stereocenters. The molecule has 1 aliphatic rings. The van der Waals surface area contributed by atoms with E-state index in [-0.39, 0.29) is 5.91 Å². The Balaban J connectivity index is 1.91. The van der Waals surface area contributed by atoms with E-state index in [2.05, 4.69) is 6.92 Å². The molecule has 2 aromatic rings. The number of fused-ring (bicyclic) bond motifs is 1. The predicted molar refractivity (Wildman–Crippen MR) is 88.1 cm³/mol. The van der Waals surface area contributed by atoms with Gasteiger partial charge in [-0.15, -0.1) is 0 Å². The van der Waals surface area contributed by atoms with Crippen molar-refractivity contribution in [1.29, 1.82) is 0 Å². The maximum absolute atomic E-state index is 12.6. The van der Waals surface area contributed by atoms with Gasteiger partial charge in [-0.05, 0) is 42.5 Å². The van der Waals surface area contributed by atoms with Crippen LogP contribution in [0.4, 0.5) is 0 Å². The zero-order valence-electron chi connectivity index (χ0n) is 12.9. The molecule has 1 fully saturated rings. The van der Waals surface area contributed by atoms with Gasteiger partial charge in [-0.3, -0.25) is 9.59 Å². The highest BCUT2D eigenvalue weighted by Crippen LogP contribution is 2.24. The van der Waals surface area contributed by atoms with Crippen LogP contribution in [0.25, 0.3) is 10.8 Å². The number of likely N-dealkylation sites (tertiary alicyclic amines) is 1. The summed E-state index contributed by atoms with van der Waals surface area (Å²) >= 11 is 0. The third-order valence-electron chi connectivity index (χ3n) is 4.64. The highest BCUT2D eigenvalue weighted by molar-refractivity contribution is 6.00. The van der Waals surface area contributed by atoms with Gasteiger partial charge in [0.2, 0.25) is 5.91 Å². The fourth-order valence-electron chi connectivity index (χ4n) is 3.37. The second-order valence-electron chi connectivity index (χ2n) is 6.09. The molecule has 0 N–H and O–H groups in total. The van der Waals surface area contributed by atoms with E-state index < -0.39 is 0 Å². The van der Waals surface area contributed by atoms with Gasteiger partial charge >= 0.3 is 0 Å². The molecule has 22 heavy (non-hydrogen) atoms. The number of carbonyl (C=O) groups excluding carboxylic acids is 2. The first kappa shape index (κ1) is 14.8. The second kappa shape index (κ2) is 6.30. The average molecular weight is 295 g/mol. The van der Waals surface area contributed by atoms with Gasteiger partial charge in [0.1, 0.15) is 0 Å². The molecule has 0 bridgehead atoms. The van der Waals surface area contributed by atoms with Crippen LogP contribution < -0.4 is 0 Å². The minimum Gasteiger partial charge on any atom is -0.340 e. The summed E-state index contributed by atoms with van der Waals surface area (Å²) in [5.74, 6) is 0.191. The first-order valence-corrected chi connectivity index (χ1v) is 7.96. The fraction of sp³-hybridized carbons (Fsp3) is 0.368. The summed E-state index contributed by atoms with van der Waals surface area (Å²) in [6, 6.07) is 11.9. The van der Waals surface area contributed by atoms with Crippen molar-refractivity contribution in [2.45, 2.75) is 38.6 Å². The standard InChI is InChI=1S/C19H21NO2/c1-14-6-4-5-11-20(14)19(22)12-15-9-10-16(13-21)18-8-3-2-7-17(15)18/h2-3,7-10,13-14H,4-6,11-12H2,1H3. The lowest BCUT2D eigenvalue weighted by atomic mass is 9.97. The summed E-state index contributed by atoms with van der Waals surface area (Å²) in [6.45, 7) is 3.00. The summed E-state index contributed by atoms with van der Waals surface area (Å²) in [6.07, 6.45) is 4.68. The van der Waals surface area contributed by atoms with Crippen molar-refractivity contribution in [3.05, 3.63) is 47.5 Å². The van der Waals surface area contributed by atoms with Gasteiger partial charge < -0.3 is 4.90 Å². The zero-order valence-corrected chi connectivity index (χ0v) is 12.9. The highest BCUT2D eigenvalue weighted by atomic mass is 16.2. The Kier molecular flexibility index (Phi) is 4.23. The molecule has 1 aliphatic heterocycles. The molecule has 0 spiro atoms. The molecule has 2 aromatic carbocycles. The van der Waals surface area contributed by atoms with E-state index in [9.17, 15) is 9.59 Å². The first-order chi connectivity index (χ1) is 10.7. The second-order valence-corrected chi connectivity index (χ2v) is 6.09. The van der Waals surface area contributed by atoms with Crippen molar-refractivity contribution in [2.24, 2.45) is 0 Å². The Morgan fingerprint density at radius 3 is 2.68 bits per heavy atom. The molecule has 1 saturated heterocycles. The van der Waals surface area contributed by atoms with Crippen LogP contribution in [-0.4, -0.2) is 29.7 Å². The van der Waals surface area contributed by atoms with Crippen LogP contribution in [0.5, 0.6) is 0 Å². The number of piperidine rings is 1. The molecule has 3 rings (SSSR count). The maximum Gasteiger partial charge on any atom is 0.227 e. The normalized spacial score (nSPS) is 18.4. The maximum atomic E-state index is 12.6. The van der Waals surface area contributed by atoms with Gasteiger partial charge in [0.05, 0.1) is 6.42 Å². The van der Waals surface area contributed by atoms with Gasteiger partial charge in [0.15, 0.2) is 6.29 Å². The van der Waals surface area contributed by atoms with Gasteiger partial charge in [0.25, 0.3) is 0 Å². The monoisotopic (exact) mass is 295 g/mol. The van der Waals surface area contributed by atoms with E-state index in [0.29, 0.717) is 18.0 Å². The number of benzene rings is 2. The Hall–Kier alpha value is -2.16. The molecule has 0 saturated carbocycles. The molecule has 1 unspecified atom stereocenters. The van der Waals surface area contributed by atoms with Crippen LogP contribution in [0.2, 0.25) is 0 Å². The van der Waals surface area contributed by atoms with Gasteiger partial charge in [-0.25, -0.2) is 0 Å². The Bertz CT molecular complexity index is 708. The van der Waals surface area contributed by atoms with Crippen LogP contribution >= 0.6 is 0 Å². The SMILES string of the molecule is CC1CCCCN1C(=O)Cc1ccc(C=O)c2ccccc12. The minimum atomic E-state index is 0.191. The summed E-state index contributed by atoms with van der Waals surface area (Å²) in [5, 5.41) is 1.93. The number of hydrogen-bond acceptors (Lipinski definition) is 2. The van der Waals surface area contributed by atoms with Gasteiger partial charge in [-0.1, -0.05) is 36.4 Å². The molecule has 0 radical (unpaired) electrons. The Morgan fingerprint density at radius 1 is 1.18 bits per heavy atom. The number of amides is 1. The number of hydrogen-bond donors (Lipinski definition) is 0. The predicted octanol–water partition coefficient (Wildman–Crippen LogP) is 3.60. The van der Waals surface area contributed by atoms with Crippen molar-refractivity contribution in [3.8, 4) is 0 Å².